The van der Waals surface area contributed by atoms with Gasteiger partial charge in [-0.25, -0.2) is 0 Å². The average molecular weight is 223 g/mol. The molecule has 0 atom stereocenters. The molecule has 0 N–H and O–H groups in total. The zero-order valence-corrected chi connectivity index (χ0v) is 9.38. The first kappa shape index (κ1) is 10.2. The van der Waals surface area contributed by atoms with Crippen molar-refractivity contribution in [3.05, 3.63) is 45.0 Å². The first-order valence-corrected chi connectivity index (χ1v) is 5.04. The highest BCUT2D eigenvalue weighted by Crippen LogP contribution is 2.19. The van der Waals surface area contributed by atoms with Crippen molar-refractivity contribution in [2.75, 3.05) is 0 Å². The Morgan fingerprint density at radius 3 is 2.80 bits per heavy atom. The molecule has 2 rings (SSSR count). The van der Waals surface area contributed by atoms with Gasteiger partial charge in [0.15, 0.2) is 0 Å². The largest absolute Gasteiger partial charge is 0.318 e. The van der Waals surface area contributed by atoms with Gasteiger partial charge in [0.2, 0.25) is 0 Å². The van der Waals surface area contributed by atoms with Crippen molar-refractivity contribution in [2.45, 2.75) is 13.3 Å². The fourth-order valence-corrected chi connectivity index (χ4v) is 1.79. The lowest BCUT2D eigenvalue weighted by Crippen LogP contribution is -2.20. The fraction of sp³-hybridized carbons (Fsp3) is 0.273. The number of hydrogen-bond acceptors (Lipinski definition) is 2. The van der Waals surface area contributed by atoms with E-state index in [4.69, 9.17) is 11.6 Å². The highest BCUT2D eigenvalue weighted by Gasteiger charge is 2.12. The number of nitrogens with zero attached hydrogens (tertiary/aromatic N) is 2. The minimum atomic E-state index is 0.0244. The van der Waals surface area contributed by atoms with Crippen LogP contribution in [0.5, 0.6) is 0 Å². The van der Waals surface area contributed by atoms with E-state index in [0.29, 0.717) is 6.42 Å². The van der Waals surface area contributed by atoms with Crippen LogP contribution >= 0.6 is 11.6 Å². The van der Waals surface area contributed by atoms with Gasteiger partial charge in [-0.15, -0.1) is 0 Å². The van der Waals surface area contributed by atoms with Gasteiger partial charge in [-0.3, -0.25) is 9.79 Å². The van der Waals surface area contributed by atoms with Gasteiger partial charge in [-0.2, -0.15) is 0 Å². The van der Waals surface area contributed by atoms with Gasteiger partial charge in [-0.1, -0.05) is 11.6 Å². The highest BCUT2D eigenvalue weighted by atomic mass is 35.5. The summed E-state index contributed by atoms with van der Waals surface area (Å²) in [7, 11) is 1.74. The summed E-state index contributed by atoms with van der Waals surface area (Å²) in [4.78, 5) is 15.7. The van der Waals surface area contributed by atoms with Gasteiger partial charge < -0.3 is 4.57 Å². The van der Waals surface area contributed by atoms with Crippen molar-refractivity contribution in [1.82, 2.24) is 4.57 Å². The number of halogens is 1. The minimum Gasteiger partial charge on any atom is -0.318 e. The van der Waals surface area contributed by atoms with Crippen LogP contribution in [0.25, 0.3) is 0 Å². The maximum Gasteiger partial charge on any atom is 0.253 e. The van der Waals surface area contributed by atoms with Crippen LogP contribution in [-0.4, -0.2) is 10.3 Å². The Bertz CT molecular complexity index is 500. The van der Waals surface area contributed by atoms with E-state index in [1.807, 2.05) is 6.07 Å². The van der Waals surface area contributed by atoms with E-state index in [2.05, 4.69) is 4.99 Å². The number of hydrogen-bond donors (Lipinski definition) is 0. The summed E-state index contributed by atoms with van der Waals surface area (Å²) in [6.07, 6.45) is 4.09. The lowest BCUT2D eigenvalue weighted by molar-refractivity contribution is 0.846. The molecule has 0 amide bonds. The molecule has 78 valence electrons. The molecule has 0 aliphatic carbocycles. The molecular formula is C11H11ClN2O. The van der Waals surface area contributed by atoms with Crippen molar-refractivity contribution in [3.63, 3.8) is 0 Å². The highest BCUT2D eigenvalue weighted by molar-refractivity contribution is 6.32. The molecule has 0 radical (unpaired) electrons. The van der Waals surface area contributed by atoms with Gasteiger partial charge in [0.1, 0.15) is 0 Å². The standard InChI is InChI=1S/C11H11ClN2O/c1-7-3-8(6-14(2)11(7)15)10-4-9(12)5-13-10/h3,5-6H,4H2,1-2H3. The molecule has 15 heavy (non-hydrogen) atoms. The topological polar surface area (TPSA) is 34.4 Å². The molecule has 1 aliphatic rings. The van der Waals surface area contributed by atoms with E-state index in [9.17, 15) is 4.79 Å². The van der Waals surface area contributed by atoms with Crippen molar-refractivity contribution in [2.24, 2.45) is 12.0 Å². The van der Waals surface area contributed by atoms with E-state index in [1.165, 1.54) is 0 Å². The van der Waals surface area contributed by atoms with Gasteiger partial charge in [-0.05, 0) is 13.0 Å². The molecular weight excluding hydrogens is 212 g/mol. The summed E-state index contributed by atoms with van der Waals surface area (Å²) in [6.45, 7) is 1.80. The third-order valence-corrected chi connectivity index (χ3v) is 2.62. The maximum atomic E-state index is 11.5. The molecule has 1 aromatic heterocycles. The van der Waals surface area contributed by atoms with Crippen molar-refractivity contribution < 1.29 is 0 Å². The second kappa shape index (κ2) is 3.66. The SMILES string of the molecule is Cc1cc(C2=NC=C(Cl)C2)cn(C)c1=O. The Morgan fingerprint density at radius 2 is 2.27 bits per heavy atom. The van der Waals surface area contributed by atoms with Crippen LogP contribution in [0, 0.1) is 6.92 Å². The Labute approximate surface area is 92.7 Å². The molecule has 3 nitrogen and oxygen atoms in total. The quantitative estimate of drug-likeness (QED) is 0.716. The molecule has 0 fully saturated rings. The fourth-order valence-electron chi connectivity index (χ4n) is 1.61. The van der Waals surface area contributed by atoms with Crippen LogP contribution in [0.15, 0.2) is 33.3 Å². The number of aryl methyl sites for hydroxylation is 2. The summed E-state index contributed by atoms with van der Waals surface area (Å²) in [6, 6.07) is 1.85. The van der Waals surface area contributed by atoms with E-state index in [1.54, 1.807) is 30.9 Å². The van der Waals surface area contributed by atoms with Crippen LogP contribution in [0.2, 0.25) is 0 Å². The Kier molecular flexibility index (Phi) is 2.49. The predicted molar refractivity (Wildman–Crippen MR) is 61.5 cm³/mol. The smallest absolute Gasteiger partial charge is 0.253 e. The zero-order valence-electron chi connectivity index (χ0n) is 8.62. The molecule has 0 saturated heterocycles. The Morgan fingerprint density at radius 1 is 1.53 bits per heavy atom. The number of aromatic nitrogens is 1. The lowest BCUT2D eigenvalue weighted by atomic mass is 10.1. The number of rotatable bonds is 1. The van der Waals surface area contributed by atoms with Gasteiger partial charge in [0.25, 0.3) is 5.56 Å². The van der Waals surface area contributed by atoms with Crippen LogP contribution in [0.1, 0.15) is 17.5 Å². The van der Waals surface area contributed by atoms with E-state index in [0.717, 1.165) is 21.9 Å². The number of pyridine rings is 1. The van der Waals surface area contributed by atoms with E-state index < -0.39 is 0 Å². The second-order valence-electron chi connectivity index (χ2n) is 3.66. The average Bonchev–Trinajstić information content (AvgIpc) is 2.60. The van der Waals surface area contributed by atoms with Crippen LogP contribution in [0.4, 0.5) is 0 Å². The summed E-state index contributed by atoms with van der Waals surface area (Å²) in [5.74, 6) is 0. The third-order valence-electron chi connectivity index (χ3n) is 2.39. The van der Waals surface area contributed by atoms with E-state index in [-0.39, 0.29) is 5.56 Å². The summed E-state index contributed by atoms with van der Waals surface area (Å²) in [5.41, 5.74) is 2.62. The summed E-state index contributed by atoms with van der Waals surface area (Å²) >= 11 is 5.85. The van der Waals surface area contributed by atoms with Crippen molar-refractivity contribution in [1.29, 1.82) is 0 Å². The maximum absolute atomic E-state index is 11.5. The van der Waals surface area contributed by atoms with Crippen LogP contribution in [0.3, 0.4) is 0 Å². The molecule has 0 bridgehead atoms. The van der Waals surface area contributed by atoms with E-state index >= 15 is 0 Å². The molecule has 1 aliphatic heterocycles. The Hall–Kier alpha value is -1.35. The molecule has 2 heterocycles. The van der Waals surface area contributed by atoms with Gasteiger partial charge in [0.05, 0.1) is 5.71 Å². The van der Waals surface area contributed by atoms with Gasteiger partial charge >= 0.3 is 0 Å². The molecule has 1 aromatic rings. The molecule has 0 saturated carbocycles. The monoisotopic (exact) mass is 222 g/mol. The second-order valence-corrected chi connectivity index (χ2v) is 4.14. The molecule has 0 unspecified atom stereocenters. The van der Waals surface area contributed by atoms with Crippen LogP contribution in [-0.2, 0) is 7.05 Å². The number of allylic oxidation sites excluding steroid dienone is 1. The first-order valence-electron chi connectivity index (χ1n) is 4.67. The van der Waals surface area contributed by atoms with Crippen LogP contribution < -0.4 is 5.56 Å². The third kappa shape index (κ3) is 1.88. The lowest BCUT2D eigenvalue weighted by Gasteiger charge is -2.05. The van der Waals surface area contributed by atoms with Crippen molar-refractivity contribution >= 4 is 17.3 Å². The minimum absolute atomic E-state index is 0.0244. The molecule has 0 spiro atoms. The normalized spacial score (nSPS) is 15.1. The molecule has 4 heteroatoms. The van der Waals surface area contributed by atoms with Crippen molar-refractivity contribution in [3.8, 4) is 0 Å². The predicted octanol–water partition coefficient (Wildman–Crippen LogP) is 1.97. The first-order chi connectivity index (χ1) is 7.08. The zero-order chi connectivity index (χ0) is 11.0. The number of aliphatic imine (C=N–C) groups is 1. The summed E-state index contributed by atoms with van der Waals surface area (Å²) < 4.78 is 1.57. The molecule has 0 aromatic carbocycles. The van der Waals surface area contributed by atoms with Gasteiger partial charge in [0, 0.05) is 42.0 Å². The summed E-state index contributed by atoms with van der Waals surface area (Å²) in [5, 5.41) is 0.733. The Balaban J connectivity index is 2.44.